The number of benzene rings is 3. The molecule has 1 atom stereocenters. The Morgan fingerprint density at radius 2 is 1.88 bits per heavy atom. The van der Waals surface area contributed by atoms with Gasteiger partial charge in [0.15, 0.2) is 10.6 Å². The first-order valence-electron chi connectivity index (χ1n) is 12.3. The van der Waals surface area contributed by atoms with Gasteiger partial charge in [-0.2, -0.15) is 0 Å². The molecule has 0 saturated heterocycles. The number of aromatic hydroxyl groups is 1. The van der Waals surface area contributed by atoms with E-state index in [9.17, 15) is 24.8 Å². The largest absolute Gasteiger partial charge is 0.500 e. The van der Waals surface area contributed by atoms with Gasteiger partial charge in [0.05, 0.1) is 41.0 Å². The lowest BCUT2D eigenvalue weighted by Crippen LogP contribution is -2.40. The van der Waals surface area contributed by atoms with E-state index in [-0.39, 0.29) is 21.4 Å². The summed E-state index contributed by atoms with van der Waals surface area (Å²) in [6.45, 7) is 1.71. The summed E-state index contributed by atoms with van der Waals surface area (Å²) < 4.78 is 12.2. The number of nitrogens with one attached hydrogen (secondary N) is 1. The van der Waals surface area contributed by atoms with E-state index in [0.29, 0.717) is 27.5 Å². The fourth-order valence-corrected chi connectivity index (χ4v) is 5.65. The highest BCUT2D eigenvalue weighted by atomic mass is 32.1. The van der Waals surface area contributed by atoms with Gasteiger partial charge in [0.2, 0.25) is 5.75 Å². The number of phenolic OH excluding ortho intramolecular Hbond substituents is 1. The molecule has 4 aromatic rings. The lowest BCUT2D eigenvalue weighted by atomic mass is 9.95. The highest BCUT2D eigenvalue weighted by Gasteiger charge is 2.33. The van der Waals surface area contributed by atoms with E-state index in [0.717, 1.165) is 17.4 Å². The predicted octanol–water partition coefficient (Wildman–Crippen LogP) is 3.50. The normalized spacial score (nSPS) is 14.7. The van der Waals surface area contributed by atoms with Crippen molar-refractivity contribution in [3.05, 3.63) is 119 Å². The van der Waals surface area contributed by atoms with Crippen LogP contribution >= 0.6 is 11.3 Å². The number of carbonyl (C=O) groups is 1. The number of para-hydroxylation sites is 1. The van der Waals surface area contributed by atoms with Crippen molar-refractivity contribution < 1.29 is 24.3 Å². The number of carbonyl (C=O) groups excluding carboxylic acids is 1. The first-order chi connectivity index (χ1) is 19.7. The summed E-state index contributed by atoms with van der Waals surface area (Å²) in [5, 5.41) is 24.5. The molecule has 41 heavy (non-hydrogen) atoms. The van der Waals surface area contributed by atoms with E-state index in [1.165, 1.54) is 30.9 Å². The van der Waals surface area contributed by atoms with Gasteiger partial charge in [0, 0.05) is 11.8 Å². The van der Waals surface area contributed by atoms with Crippen molar-refractivity contribution in [2.45, 2.75) is 13.0 Å². The van der Waals surface area contributed by atoms with Crippen LogP contribution in [0.15, 0.2) is 87.8 Å². The number of aromatic nitrogens is 1. The highest BCUT2D eigenvalue weighted by molar-refractivity contribution is 7.07. The quantitative estimate of drug-likeness (QED) is 0.255. The average Bonchev–Trinajstić information content (AvgIpc) is 3.27. The Morgan fingerprint density at radius 3 is 2.56 bits per heavy atom. The number of phenols is 1. The van der Waals surface area contributed by atoms with Crippen molar-refractivity contribution in [2.75, 3.05) is 19.5 Å². The van der Waals surface area contributed by atoms with Crippen LogP contribution in [0.5, 0.6) is 17.2 Å². The Labute approximate surface area is 237 Å². The molecule has 0 spiro atoms. The molecule has 0 fully saturated rings. The number of nitrogens with zero attached hydrogens (tertiary/aromatic N) is 3. The number of rotatable bonds is 7. The van der Waals surface area contributed by atoms with E-state index in [1.54, 1.807) is 55.5 Å². The Bertz CT molecular complexity index is 1890. The number of hydrogen-bond acceptors (Lipinski definition) is 9. The molecule has 0 saturated carbocycles. The first-order valence-corrected chi connectivity index (χ1v) is 13.1. The van der Waals surface area contributed by atoms with E-state index in [1.807, 2.05) is 6.07 Å². The van der Waals surface area contributed by atoms with E-state index >= 15 is 0 Å². The monoisotopic (exact) mass is 572 g/mol. The van der Waals surface area contributed by atoms with Gasteiger partial charge in [-0.05, 0) is 54.5 Å². The molecule has 1 aromatic heterocycles. The van der Waals surface area contributed by atoms with Gasteiger partial charge in [-0.3, -0.25) is 24.3 Å². The number of fused-ring (bicyclic) bond motifs is 1. The first kappa shape index (κ1) is 27.3. The minimum absolute atomic E-state index is 0.108. The molecule has 3 aromatic carbocycles. The minimum Gasteiger partial charge on any atom is -0.500 e. The van der Waals surface area contributed by atoms with Crippen LogP contribution in [0.4, 0.5) is 11.4 Å². The van der Waals surface area contributed by atoms with Gasteiger partial charge in [-0.25, -0.2) is 4.99 Å². The summed E-state index contributed by atoms with van der Waals surface area (Å²) in [6, 6.07) is 17.7. The summed E-state index contributed by atoms with van der Waals surface area (Å²) in [6.07, 6.45) is 1.46. The summed E-state index contributed by atoms with van der Waals surface area (Å²) in [4.78, 5) is 43.3. The molecule has 5 rings (SSSR count). The topological polar surface area (TPSA) is 145 Å². The molecule has 1 aliphatic rings. The smallest absolute Gasteiger partial charge is 0.315 e. The third-order valence-corrected chi connectivity index (χ3v) is 7.48. The second-order valence-electron chi connectivity index (χ2n) is 9.03. The molecule has 0 bridgehead atoms. The Kier molecular flexibility index (Phi) is 7.40. The molecule has 11 nitrogen and oxygen atoms in total. The number of anilines is 1. The summed E-state index contributed by atoms with van der Waals surface area (Å²) in [5.41, 5.74) is 1.19. The zero-order valence-electron chi connectivity index (χ0n) is 22.2. The third kappa shape index (κ3) is 5.20. The van der Waals surface area contributed by atoms with E-state index < -0.39 is 33.9 Å². The molecule has 2 heterocycles. The van der Waals surface area contributed by atoms with Crippen molar-refractivity contribution >= 4 is 34.7 Å². The van der Waals surface area contributed by atoms with Crippen molar-refractivity contribution in [1.82, 2.24) is 4.57 Å². The van der Waals surface area contributed by atoms with Gasteiger partial charge >= 0.3 is 5.69 Å². The highest BCUT2D eigenvalue weighted by Crippen LogP contribution is 2.37. The maximum atomic E-state index is 13.9. The number of nitro groups is 1. The number of thiazole rings is 1. The van der Waals surface area contributed by atoms with Gasteiger partial charge in [0.1, 0.15) is 5.75 Å². The molecular formula is C29H24N4O7S. The number of allylic oxidation sites excluding steroid dienone is 1. The summed E-state index contributed by atoms with van der Waals surface area (Å²) in [7, 11) is 2.80. The molecule has 0 unspecified atom stereocenters. The second-order valence-corrected chi connectivity index (χ2v) is 10.0. The molecule has 2 N–H and O–H groups in total. The standard InChI is InChI=1S/C29H24N4O7S/c1-16-24(27(35)31-19-9-5-4-6-10-19)25(18-8-7-11-20(15-18)39-2)32-28(36)23(41-29(32)30-16)14-17-12-21(33(37)38)26(34)22(13-17)40-3/h4-15,25,34H,1-3H3,(H,31,35)/b23-14-/t25-/m1/s1. The summed E-state index contributed by atoms with van der Waals surface area (Å²) >= 11 is 1.08. The summed E-state index contributed by atoms with van der Waals surface area (Å²) in [5.74, 6) is -0.592. The Morgan fingerprint density at radius 1 is 1.12 bits per heavy atom. The molecule has 208 valence electrons. The van der Waals surface area contributed by atoms with Crippen LogP contribution in [0.25, 0.3) is 6.08 Å². The molecule has 0 aliphatic carbocycles. The van der Waals surface area contributed by atoms with E-state index in [4.69, 9.17) is 9.47 Å². The van der Waals surface area contributed by atoms with Crippen LogP contribution in [0.3, 0.4) is 0 Å². The molecule has 12 heteroatoms. The van der Waals surface area contributed by atoms with Crippen molar-refractivity contribution in [2.24, 2.45) is 4.99 Å². The molecule has 1 amide bonds. The van der Waals surface area contributed by atoms with Gasteiger partial charge < -0.3 is 19.9 Å². The fraction of sp³-hybridized carbons (Fsp3) is 0.138. The van der Waals surface area contributed by atoms with Crippen molar-refractivity contribution in [3.8, 4) is 17.2 Å². The van der Waals surface area contributed by atoms with Gasteiger partial charge in [-0.1, -0.05) is 41.7 Å². The molecule has 0 radical (unpaired) electrons. The SMILES string of the molecule is COc1cccc([C@@H]2C(C(=O)Nc3ccccc3)=C(C)N=c3s/c(=C\c4cc(OC)c(O)c([N+](=O)[O-])c4)c(=O)n32)c1. The zero-order chi connectivity index (χ0) is 29.3. The maximum absolute atomic E-state index is 13.9. The van der Waals surface area contributed by atoms with Crippen LogP contribution < -0.4 is 29.7 Å². The molecular weight excluding hydrogens is 548 g/mol. The second kappa shape index (κ2) is 11.1. The number of amides is 1. The van der Waals surface area contributed by atoms with Gasteiger partial charge in [0.25, 0.3) is 11.5 Å². The average molecular weight is 573 g/mol. The minimum atomic E-state index is -0.837. The number of nitro benzene ring substituents is 1. The lowest BCUT2D eigenvalue weighted by molar-refractivity contribution is -0.386. The number of hydrogen-bond donors (Lipinski definition) is 2. The van der Waals surface area contributed by atoms with Crippen LogP contribution in [0.1, 0.15) is 24.1 Å². The molecule has 1 aliphatic heterocycles. The van der Waals surface area contributed by atoms with Crippen LogP contribution in [-0.4, -0.2) is 34.7 Å². The van der Waals surface area contributed by atoms with Crippen LogP contribution in [-0.2, 0) is 4.79 Å². The lowest BCUT2D eigenvalue weighted by Gasteiger charge is -2.25. The number of ether oxygens (including phenoxy) is 2. The van der Waals surface area contributed by atoms with Crippen LogP contribution in [0.2, 0.25) is 0 Å². The van der Waals surface area contributed by atoms with Gasteiger partial charge in [-0.15, -0.1) is 0 Å². The zero-order valence-corrected chi connectivity index (χ0v) is 23.0. The third-order valence-electron chi connectivity index (χ3n) is 6.50. The number of methoxy groups -OCH3 is 2. The van der Waals surface area contributed by atoms with E-state index in [2.05, 4.69) is 10.3 Å². The van der Waals surface area contributed by atoms with Crippen molar-refractivity contribution in [1.29, 1.82) is 0 Å². The maximum Gasteiger partial charge on any atom is 0.315 e. The predicted molar refractivity (Wildman–Crippen MR) is 153 cm³/mol. The fourth-order valence-electron chi connectivity index (χ4n) is 4.60. The Balaban J connectivity index is 1.70. The Hall–Kier alpha value is -5.23. The van der Waals surface area contributed by atoms with Crippen molar-refractivity contribution in [3.63, 3.8) is 0 Å². The van der Waals surface area contributed by atoms with Crippen LogP contribution in [0, 0.1) is 10.1 Å².